The Hall–Kier alpha value is -2.28. The Morgan fingerprint density at radius 3 is 2.10 bits per heavy atom. The van der Waals surface area contributed by atoms with Gasteiger partial charge in [0.2, 0.25) is 17.4 Å². The largest absolute Gasteiger partial charge is 0.416 e. The molecule has 0 saturated carbocycles. The van der Waals surface area contributed by atoms with E-state index in [0.29, 0.717) is 3.57 Å². The summed E-state index contributed by atoms with van der Waals surface area (Å²) in [6, 6.07) is 5.72. The van der Waals surface area contributed by atoms with Gasteiger partial charge < -0.3 is 10.1 Å². The average molecular weight is 616 g/mol. The average Bonchev–Trinajstić information content (AvgIpc) is 2.72. The molecule has 1 N–H and O–H groups in total. The Bertz CT molecular complexity index is 1190. The van der Waals surface area contributed by atoms with E-state index >= 15 is 0 Å². The molecule has 3 aromatic carbocycles. The second kappa shape index (κ2) is 9.07. The first-order valence-electron chi connectivity index (χ1n) is 8.27. The summed E-state index contributed by atoms with van der Waals surface area (Å²) in [6.07, 6.45) is 0. The van der Waals surface area contributed by atoms with Crippen LogP contribution in [-0.2, 0) is 0 Å². The van der Waals surface area contributed by atoms with Crippen LogP contribution in [-0.4, -0.2) is 5.97 Å². The Morgan fingerprint density at radius 1 is 0.903 bits per heavy atom. The summed E-state index contributed by atoms with van der Waals surface area (Å²) in [6.45, 7) is 0.803. The summed E-state index contributed by atoms with van der Waals surface area (Å²) >= 11 is 4.72. The third kappa shape index (κ3) is 4.66. The fraction of sp³-hybridized carbons (Fsp3) is 0.0500. The summed E-state index contributed by atoms with van der Waals surface area (Å²) in [7, 11) is 0. The van der Waals surface area contributed by atoms with Crippen LogP contribution in [0.5, 0.6) is 5.75 Å². The molecule has 0 bridgehead atoms. The first-order valence-corrected chi connectivity index (χ1v) is 10.1. The number of benzene rings is 3. The number of esters is 1. The molecular formula is C20H9BrF6INO2. The molecule has 0 heterocycles. The Kier molecular flexibility index (Phi) is 6.84. The zero-order valence-corrected chi connectivity index (χ0v) is 19.0. The van der Waals surface area contributed by atoms with Crippen LogP contribution in [0.3, 0.4) is 0 Å². The molecule has 0 spiro atoms. The molecule has 0 fully saturated rings. The van der Waals surface area contributed by atoms with Gasteiger partial charge in [-0.2, -0.15) is 8.78 Å². The van der Waals surface area contributed by atoms with Gasteiger partial charge in [-0.15, -0.1) is 0 Å². The van der Waals surface area contributed by atoms with Crippen LogP contribution < -0.4 is 10.1 Å². The molecule has 0 aromatic heterocycles. The fourth-order valence-corrected chi connectivity index (χ4v) is 3.31. The van der Waals surface area contributed by atoms with Crippen LogP contribution in [0.4, 0.5) is 37.7 Å². The van der Waals surface area contributed by atoms with Crippen LogP contribution in [0.15, 0.2) is 34.8 Å². The number of carbonyl (C=O) groups is 1. The normalized spacial score (nSPS) is 10.9. The quantitative estimate of drug-likeness (QED) is 0.111. The van der Waals surface area contributed by atoms with Gasteiger partial charge in [0.15, 0.2) is 11.6 Å². The maximum atomic E-state index is 14.2. The minimum Gasteiger partial charge on any atom is -0.416 e. The molecule has 3 rings (SSSR count). The maximum absolute atomic E-state index is 14.2. The predicted octanol–water partition coefficient (Wildman–Crippen LogP) is 7.16. The predicted molar refractivity (Wildman–Crippen MR) is 112 cm³/mol. The topological polar surface area (TPSA) is 38.3 Å². The third-order valence-electron chi connectivity index (χ3n) is 4.12. The number of nitrogens with one attached hydrogen (secondary N) is 1. The summed E-state index contributed by atoms with van der Waals surface area (Å²) < 4.78 is 88.8. The van der Waals surface area contributed by atoms with Crippen molar-refractivity contribution in [2.24, 2.45) is 0 Å². The van der Waals surface area contributed by atoms with E-state index in [2.05, 4.69) is 26.0 Å². The van der Waals surface area contributed by atoms with Gasteiger partial charge in [0.05, 0.1) is 21.4 Å². The van der Waals surface area contributed by atoms with Gasteiger partial charge >= 0.3 is 5.97 Å². The van der Waals surface area contributed by atoms with Gasteiger partial charge in [0, 0.05) is 9.13 Å². The molecular weight excluding hydrogens is 607 g/mol. The standard InChI is InChI=1S/C20H9BrF6INO2/c1-7-15(24)17(26)19(18(27)16(7)25)31-20(30)9-5-10(21)11(22)6-14(9)29-13-3-2-8(28)4-12(13)23/h2-6,29H,1H3. The summed E-state index contributed by atoms with van der Waals surface area (Å²) in [4.78, 5) is 12.6. The van der Waals surface area contributed by atoms with Crippen molar-refractivity contribution in [1.29, 1.82) is 0 Å². The van der Waals surface area contributed by atoms with Crippen LogP contribution in [0, 0.1) is 45.4 Å². The van der Waals surface area contributed by atoms with Gasteiger partial charge in [-0.3, -0.25) is 0 Å². The van der Waals surface area contributed by atoms with E-state index in [1.54, 1.807) is 0 Å². The summed E-state index contributed by atoms with van der Waals surface area (Å²) in [5.41, 5.74) is -1.89. The second-order valence-corrected chi connectivity index (χ2v) is 8.26. The zero-order chi connectivity index (χ0) is 23.0. The molecule has 0 amide bonds. The molecule has 3 aromatic rings. The van der Waals surface area contributed by atoms with E-state index in [-0.39, 0.29) is 15.8 Å². The number of rotatable bonds is 4. The Balaban J connectivity index is 2.05. The highest BCUT2D eigenvalue weighted by atomic mass is 127. The molecule has 11 heteroatoms. The van der Waals surface area contributed by atoms with Crippen molar-refractivity contribution in [3.8, 4) is 5.75 Å². The van der Waals surface area contributed by atoms with Crippen LogP contribution in [0.2, 0.25) is 0 Å². The Morgan fingerprint density at radius 2 is 1.52 bits per heavy atom. The molecule has 31 heavy (non-hydrogen) atoms. The van der Waals surface area contributed by atoms with E-state index in [9.17, 15) is 31.1 Å². The van der Waals surface area contributed by atoms with Crippen LogP contribution in [0.25, 0.3) is 0 Å². The van der Waals surface area contributed by atoms with Gasteiger partial charge in [-0.05, 0) is 75.8 Å². The molecule has 0 aliphatic heterocycles. The van der Waals surface area contributed by atoms with Crippen molar-refractivity contribution >= 4 is 55.9 Å². The lowest BCUT2D eigenvalue weighted by Gasteiger charge is -2.15. The number of carbonyl (C=O) groups excluding carboxylic acids is 1. The molecule has 0 unspecified atom stereocenters. The van der Waals surface area contributed by atoms with Gasteiger partial charge in [0.1, 0.15) is 11.6 Å². The van der Waals surface area contributed by atoms with E-state index in [1.807, 2.05) is 22.6 Å². The lowest BCUT2D eigenvalue weighted by molar-refractivity contribution is 0.0718. The first kappa shape index (κ1) is 23.4. The van der Waals surface area contributed by atoms with Gasteiger partial charge in [-0.25, -0.2) is 22.4 Å². The van der Waals surface area contributed by atoms with Crippen molar-refractivity contribution in [2.75, 3.05) is 5.32 Å². The lowest BCUT2D eigenvalue weighted by Crippen LogP contribution is -2.15. The molecule has 0 aliphatic carbocycles. The molecule has 0 aliphatic rings. The van der Waals surface area contributed by atoms with Gasteiger partial charge in [0.25, 0.3) is 0 Å². The third-order valence-corrected chi connectivity index (χ3v) is 5.40. The highest BCUT2D eigenvalue weighted by molar-refractivity contribution is 14.1. The van der Waals surface area contributed by atoms with Crippen LogP contribution in [0.1, 0.15) is 15.9 Å². The highest BCUT2D eigenvalue weighted by Crippen LogP contribution is 2.33. The molecule has 0 atom stereocenters. The number of hydrogen-bond acceptors (Lipinski definition) is 3. The lowest BCUT2D eigenvalue weighted by atomic mass is 10.1. The zero-order valence-electron chi connectivity index (χ0n) is 15.2. The number of ether oxygens (including phenoxy) is 1. The molecule has 0 saturated heterocycles. The second-order valence-electron chi connectivity index (χ2n) is 6.16. The SMILES string of the molecule is Cc1c(F)c(F)c(OC(=O)c2cc(Br)c(F)cc2Nc2ccc(I)cc2F)c(F)c1F. The fourth-order valence-electron chi connectivity index (χ4n) is 2.51. The smallest absolute Gasteiger partial charge is 0.345 e. The van der Waals surface area contributed by atoms with E-state index in [1.165, 1.54) is 18.2 Å². The van der Waals surface area contributed by atoms with Crippen molar-refractivity contribution in [1.82, 2.24) is 0 Å². The Labute approximate surface area is 193 Å². The first-order chi connectivity index (χ1) is 14.5. The van der Waals surface area contributed by atoms with Crippen molar-refractivity contribution in [2.45, 2.75) is 6.92 Å². The number of hydrogen-bond donors (Lipinski definition) is 1. The molecule has 3 nitrogen and oxygen atoms in total. The minimum atomic E-state index is -1.91. The van der Waals surface area contributed by atoms with Crippen molar-refractivity contribution in [3.05, 3.63) is 84.4 Å². The van der Waals surface area contributed by atoms with E-state index < -0.39 is 57.7 Å². The van der Waals surface area contributed by atoms with Crippen molar-refractivity contribution in [3.63, 3.8) is 0 Å². The summed E-state index contributed by atoms with van der Waals surface area (Å²) in [5, 5.41) is 2.49. The van der Waals surface area contributed by atoms with E-state index in [4.69, 9.17) is 0 Å². The maximum Gasteiger partial charge on any atom is 0.345 e. The number of halogens is 8. The van der Waals surface area contributed by atoms with E-state index in [0.717, 1.165) is 19.1 Å². The summed E-state index contributed by atoms with van der Waals surface area (Å²) in [5.74, 6) is -12.0. The molecule has 162 valence electrons. The van der Waals surface area contributed by atoms with Crippen molar-refractivity contribution < 1.29 is 35.9 Å². The molecule has 0 radical (unpaired) electrons. The highest BCUT2D eigenvalue weighted by Gasteiger charge is 2.28. The minimum absolute atomic E-state index is 0.138. The van der Waals surface area contributed by atoms with Crippen LogP contribution >= 0.6 is 38.5 Å². The van der Waals surface area contributed by atoms with Gasteiger partial charge in [-0.1, -0.05) is 0 Å². The number of anilines is 2. The monoisotopic (exact) mass is 615 g/mol.